The molecule has 17 heavy (non-hydrogen) atoms. The molecular formula is C14H20ClNO. The molecule has 0 bridgehead atoms. The maximum atomic E-state index is 6.20. The molecular weight excluding hydrogens is 234 g/mol. The van der Waals surface area contributed by atoms with Crippen LogP contribution in [0, 0.1) is 0 Å². The lowest BCUT2D eigenvalue weighted by Gasteiger charge is -2.30. The van der Waals surface area contributed by atoms with Gasteiger partial charge in [-0.2, -0.15) is 0 Å². The molecule has 3 heteroatoms. The number of ether oxygens (including phenoxy) is 1. The molecule has 94 valence electrons. The molecule has 1 aliphatic rings. The summed E-state index contributed by atoms with van der Waals surface area (Å²) in [5.41, 5.74) is 1.20. The van der Waals surface area contributed by atoms with Gasteiger partial charge in [0.25, 0.3) is 0 Å². The minimum atomic E-state index is 0.324. The molecule has 1 aliphatic heterocycles. The Labute approximate surface area is 108 Å². The molecule has 0 saturated carbocycles. The maximum Gasteiger partial charge on any atom is 0.0731 e. The number of benzene rings is 1. The van der Waals surface area contributed by atoms with Gasteiger partial charge in [-0.1, -0.05) is 29.8 Å². The lowest BCUT2D eigenvalue weighted by molar-refractivity contribution is -0.00586. The fourth-order valence-corrected chi connectivity index (χ4v) is 2.62. The summed E-state index contributed by atoms with van der Waals surface area (Å²) in [5, 5.41) is 4.21. The fourth-order valence-electron chi connectivity index (χ4n) is 2.40. The lowest BCUT2D eigenvalue weighted by atomic mass is 9.96. The Kier molecular flexibility index (Phi) is 4.84. The third kappa shape index (κ3) is 3.44. The van der Waals surface area contributed by atoms with Gasteiger partial charge in [0.05, 0.1) is 6.10 Å². The van der Waals surface area contributed by atoms with Gasteiger partial charge in [0.15, 0.2) is 0 Å². The molecule has 1 aromatic carbocycles. The van der Waals surface area contributed by atoms with Crippen LogP contribution in [0.5, 0.6) is 0 Å². The van der Waals surface area contributed by atoms with E-state index < -0.39 is 0 Å². The van der Waals surface area contributed by atoms with E-state index in [1.807, 2.05) is 25.2 Å². The Bertz CT molecular complexity index is 350. The predicted octanol–water partition coefficient (Wildman–Crippen LogP) is 3.04. The first-order chi connectivity index (χ1) is 8.31. The van der Waals surface area contributed by atoms with Crippen LogP contribution in [-0.2, 0) is 11.2 Å². The number of hydrogen-bond donors (Lipinski definition) is 1. The highest BCUT2D eigenvalue weighted by atomic mass is 35.5. The molecule has 0 amide bonds. The highest BCUT2D eigenvalue weighted by Gasteiger charge is 2.23. The van der Waals surface area contributed by atoms with Crippen LogP contribution >= 0.6 is 11.6 Å². The molecule has 2 unspecified atom stereocenters. The molecule has 1 heterocycles. The van der Waals surface area contributed by atoms with Gasteiger partial charge in [0.2, 0.25) is 0 Å². The van der Waals surface area contributed by atoms with Gasteiger partial charge in [-0.3, -0.25) is 0 Å². The molecule has 2 rings (SSSR count). The van der Waals surface area contributed by atoms with Crippen LogP contribution in [0.2, 0.25) is 5.02 Å². The molecule has 1 fully saturated rings. The highest BCUT2D eigenvalue weighted by Crippen LogP contribution is 2.22. The second-order valence-electron chi connectivity index (χ2n) is 4.60. The van der Waals surface area contributed by atoms with Crippen molar-refractivity contribution in [2.45, 2.75) is 37.8 Å². The summed E-state index contributed by atoms with van der Waals surface area (Å²) in [6, 6.07) is 8.41. The van der Waals surface area contributed by atoms with Crippen LogP contribution in [0.3, 0.4) is 0 Å². The summed E-state index contributed by atoms with van der Waals surface area (Å²) < 4.78 is 5.84. The topological polar surface area (TPSA) is 21.3 Å². The van der Waals surface area contributed by atoms with Crippen LogP contribution in [0.4, 0.5) is 0 Å². The Hall–Kier alpha value is -0.570. The molecule has 1 saturated heterocycles. The first-order valence-electron chi connectivity index (χ1n) is 6.33. The number of halogens is 1. The Morgan fingerprint density at radius 3 is 2.88 bits per heavy atom. The standard InChI is InChI=1S/C14H20ClNO/c1-16-13(14-8-4-5-9-17-14)10-11-6-2-3-7-12(11)15/h2-3,6-7,13-14,16H,4-5,8-10H2,1H3. The molecule has 0 spiro atoms. The van der Waals surface area contributed by atoms with E-state index in [0.29, 0.717) is 12.1 Å². The second kappa shape index (κ2) is 6.39. The van der Waals surface area contributed by atoms with E-state index in [1.165, 1.54) is 18.4 Å². The van der Waals surface area contributed by atoms with Crippen molar-refractivity contribution in [1.82, 2.24) is 5.32 Å². The van der Waals surface area contributed by atoms with E-state index in [-0.39, 0.29) is 0 Å². The zero-order chi connectivity index (χ0) is 12.1. The Morgan fingerprint density at radius 1 is 1.41 bits per heavy atom. The van der Waals surface area contributed by atoms with Crippen molar-refractivity contribution in [2.75, 3.05) is 13.7 Å². The first kappa shape index (κ1) is 12.9. The molecule has 0 aromatic heterocycles. The average molecular weight is 254 g/mol. The average Bonchev–Trinajstić information content (AvgIpc) is 2.39. The summed E-state index contributed by atoms with van der Waals surface area (Å²) in [4.78, 5) is 0. The molecule has 1 N–H and O–H groups in total. The number of nitrogens with one attached hydrogen (secondary N) is 1. The van der Waals surface area contributed by atoms with E-state index in [4.69, 9.17) is 16.3 Å². The van der Waals surface area contributed by atoms with Gasteiger partial charge in [-0.25, -0.2) is 0 Å². The van der Waals surface area contributed by atoms with Crippen molar-refractivity contribution in [2.24, 2.45) is 0 Å². The zero-order valence-corrected chi connectivity index (χ0v) is 11.0. The van der Waals surface area contributed by atoms with Crippen LogP contribution in [0.25, 0.3) is 0 Å². The van der Waals surface area contributed by atoms with Crippen LogP contribution < -0.4 is 5.32 Å². The number of likely N-dealkylation sites (N-methyl/N-ethyl adjacent to an activating group) is 1. The summed E-state index contributed by atoms with van der Waals surface area (Å²) >= 11 is 6.20. The third-order valence-electron chi connectivity index (χ3n) is 3.43. The Morgan fingerprint density at radius 2 is 2.24 bits per heavy atom. The van der Waals surface area contributed by atoms with Gasteiger partial charge >= 0.3 is 0 Å². The molecule has 2 atom stereocenters. The fraction of sp³-hybridized carbons (Fsp3) is 0.571. The summed E-state index contributed by atoms with van der Waals surface area (Å²) in [5.74, 6) is 0. The molecule has 1 aromatic rings. The first-order valence-corrected chi connectivity index (χ1v) is 6.71. The van der Waals surface area contributed by atoms with Crippen molar-refractivity contribution >= 4 is 11.6 Å². The van der Waals surface area contributed by atoms with Crippen molar-refractivity contribution < 1.29 is 4.74 Å². The van der Waals surface area contributed by atoms with E-state index in [1.54, 1.807) is 0 Å². The maximum absolute atomic E-state index is 6.20. The summed E-state index contributed by atoms with van der Waals surface area (Å²) in [6.07, 6.45) is 4.87. The van der Waals surface area contributed by atoms with Gasteiger partial charge in [0.1, 0.15) is 0 Å². The van der Waals surface area contributed by atoms with Crippen molar-refractivity contribution in [3.63, 3.8) is 0 Å². The van der Waals surface area contributed by atoms with Crippen LogP contribution in [0.1, 0.15) is 24.8 Å². The monoisotopic (exact) mass is 253 g/mol. The molecule has 0 radical (unpaired) electrons. The van der Waals surface area contributed by atoms with E-state index in [0.717, 1.165) is 24.5 Å². The van der Waals surface area contributed by atoms with Gasteiger partial charge in [-0.15, -0.1) is 0 Å². The quantitative estimate of drug-likeness (QED) is 0.891. The van der Waals surface area contributed by atoms with Gasteiger partial charge in [-0.05, 0) is 44.4 Å². The van der Waals surface area contributed by atoms with Gasteiger partial charge < -0.3 is 10.1 Å². The molecule has 0 aliphatic carbocycles. The summed E-state index contributed by atoms with van der Waals surface area (Å²) in [6.45, 7) is 0.894. The van der Waals surface area contributed by atoms with E-state index in [9.17, 15) is 0 Å². The number of rotatable bonds is 4. The smallest absolute Gasteiger partial charge is 0.0731 e. The van der Waals surface area contributed by atoms with Crippen molar-refractivity contribution in [3.05, 3.63) is 34.9 Å². The van der Waals surface area contributed by atoms with Crippen molar-refractivity contribution in [3.8, 4) is 0 Å². The second-order valence-corrected chi connectivity index (χ2v) is 5.00. The predicted molar refractivity (Wildman–Crippen MR) is 71.6 cm³/mol. The highest BCUT2D eigenvalue weighted by molar-refractivity contribution is 6.31. The van der Waals surface area contributed by atoms with E-state index in [2.05, 4.69) is 11.4 Å². The largest absolute Gasteiger partial charge is 0.377 e. The minimum Gasteiger partial charge on any atom is -0.377 e. The van der Waals surface area contributed by atoms with Crippen LogP contribution in [0.15, 0.2) is 24.3 Å². The van der Waals surface area contributed by atoms with Gasteiger partial charge in [0, 0.05) is 17.7 Å². The Balaban J connectivity index is 2.01. The lowest BCUT2D eigenvalue weighted by Crippen LogP contribution is -2.42. The van der Waals surface area contributed by atoms with E-state index >= 15 is 0 Å². The van der Waals surface area contributed by atoms with Crippen molar-refractivity contribution in [1.29, 1.82) is 0 Å². The third-order valence-corrected chi connectivity index (χ3v) is 3.80. The normalized spacial score (nSPS) is 22.4. The number of hydrogen-bond acceptors (Lipinski definition) is 2. The van der Waals surface area contributed by atoms with Crippen LogP contribution in [-0.4, -0.2) is 25.8 Å². The zero-order valence-electron chi connectivity index (χ0n) is 10.3. The minimum absolute atomic E-state index is 0.324. The SMILES string of the molecule is CNC(Cc1ccccc1Cl)C1CCCCO1. The summed E-state index contributed by atoms with van der Waals surface area (Å²) in [7, 11) is 2.00. The molecule has 2 nitrogen and oxygen atoms in total.